The van der Waals surface area contributed by atoms with Crippen LogP contribution in [0.4, 0.5) is 0 Å². The highest BCUT2D eigenvalue weighted by Crippen LogP contribution is 2.23. The Labute approximate surface area is 109 Å². The summed E-state index contributed by atoms with van der Waals surface area (Å²) in [7, 11) is 1.33. The number of rotatable bonds is 2. The topological polar surface area (TPSA) is 59.8 Å². The molecule has 18 heavy (non-hydrogen) atoms. The summed E-state index contributed by atoms with van der Waals surface area (Å²) in [6.07, 6.45) is 0.978. The molecule has 0 radical (unpaired) electrons. The Hall–Kier alpha value is -1.57. The van der Waals surface area contributed by atoms with Crippen LogP contribution in [-0.2, 0) is 14.3 Å². The number of hydrogen-bond acceptors (Lipinski definition) is 3. The molecule has 5 heteroatoms. The monoisotopic (exact) mass is 254 g/mol. The number of amides is 1. The van der Waals surface area contributed by atoms with Crippen molar-refractivity contribution in [1.82, 2.24) is 5.32 Å². The van der Waals surface area contributed by atoms with E-state index in [4.69, 9.17) is 6.57 Å². The number of nitrogens with one attached hydrogen (secondary N) is 1. The fourth-order valence-corrected chi connectivity index (χ4v) is 1.38. The maximum atomic E-state index is 10.9. The lowest BCUT2D eigenvalue weighted by Gasteiger charge is -2.13. The van der Waals surface area contributed by atoms with Gasteiger partial charge in [-0.3, -0.25) is 9.59 Å². The summed E-state index contributed by atoms with van der Waals surface area (Å²) in [5.41, 5.74) is -0.753. The van der Waals surface area contributed by atoms with Gasteiger partial charge in [-0.2, -0.15) is 0 Å². The van der Waals surface area contributed by atoms with Crippen molar-refractivity contribution in [3.05, 3.63) is 11.4 Å². The molecular weight excluding hydrogens is 232 g/mol. The summed E-state index contributed by atoms with van der Waals surface area (Å²) in [6, 6.07) is 0. The van der Waals surface area contributed by atoms with Crippen LogP contribution in [0.25, 0.3) is 4.85 Å². The first kappa shape index (κ1) is 16.4. The molecule has 0 aliphatic carbocycles. The minimum absolute atomic E-state index is 0.0972. The summed E-state index contributed by atoms with van der Waals surface area (Å²) in [5.74, 6) is -0.138. The number of ether oxygens (including phenoxy) is 1. The van der Waals surface area contributed by atoms with Gasteiger partial charge < -0.3 is 14.9 Å². The standard InChI is InChI=1S/C7H11NO2.C6H11NO/c1-7(2,5-8-3)6(9)10-4;1-6(2)3-4-7-5(6)8/h5H2,1-2,4H3;3-4H2,1-2H3,(H,7,8). The number of nitrogens with zero attached hydrogens (tertiary/aromatic N) is 1. The Morgan fingerprint density at radius 2 is 2.11 bits per heavy atom. The molecule has 5 nitrogen and oxygen atoms in total. The summed E-state index contributed by atoms with van der Waals surface area (Å²) in [6.45, 7) is 14.9. The zero-order valence-corrected chi connectivity index (χ0v) is 11.8. The molecule has 1 amide bonds. The lowest BCUT2D eigenvalue weighted by Crippen LogP contribution is -2.27. The van der Waals surface area contributed by atoms with Crippen molar-refractivity contribution < 1.29 is 14.3 Å². The lowest BCUT2D eigenvalue weighted by atomic mass is 9.92. The van der Waals surface area contributed by atoms with E-state index in [0.29, 0.717) is 0 Å². The third-order valence-corrected chi connectivity index (χ3v) is 2.86. The summed E-state index contributed by atoms with van der Waals surface area (Å²) < 4.78 is 4.49. The van der Waals surface area contributed by atoms with Crippen LogP contribution in [0, 0.1) is 17.4 Å². The lowest BCUT2D eigenvalue weighted by molar-refractivity contribution is -0.149. The molecule has 0 saturated carbocycles. The zero-order chi connectivity index (χ0) is 14.4. The van der Waals surface area contributed by atoms with Crippen molar-refractivity contribution in [2.45, 2.75) is 34.1 Å². The molecule has 1 heterocycles. The van der Waals surface area contributed by atoms with Crippen LogP contribution < -0.4 is 5.32 Å². The van der Waals surface area contributed by atoms with Gasteiger partial charge in [-0.1, -0.05) is 13.8 Å². The van der Waals surface area contributed by atoms with Crippen molar-refractivity contribution in [3.8, 4) is 0 Å². The van der Waals surface area contributed by atoms with Gasteiger partial charge in [0.1, 0.15) is 5.41 Å². The number of carbonyl (C=O) groups is 2. The highest BCUT2D eigenvalue weighted by atomic mass is 16.5. The van der Waals surface area contributed by atoms with Crippen LogP contribution in [-0.4, -0.2) is 32.1 Å². The van der Waals surface area contributed by atoms with E-state index in [1.165, 1.54) is 7.11 Å². The second kappa shape index (κ2) is 6.39. The van der Waals surface area contributed by atoms with Gasteiger partial charge >= 0.3 is 5.97 Å². The fourth-order valence-electron chi connectivity index (χ4n) is 1.38. The second-order valence-corrected chi connectivity index (χ2v) is 5.58. The maximum absolute atomic E-state index is 10.9. The molecular formula is C13H22N2O3. The van der Waals surface area contributed by atoms with Gasteiger partial charge in [0.15, 0.2) is 0 Å². The van der Waals surface area contributed by atoms with Crippen molar-refractivity contribution in [1.29, 1.82) is 0 Å². The summed E-state index contributed by atoms with van der Waals surface area (Å²) >= 11 is 0. The number of carbonyl (C=O) groups excluding carboxylic acids is 2. The van der Waals surface area contributed by atoms with Crippen molar-refractivity contribution in [3.63, 3.8) is 0 Å². The molecule has 102 valence electrons. The SMILES string of the molecule is CC1(C)CCNC1=O.[C-]#[N+]CC(C)(C)C(=O)OC. The molecule has 1 saturated heterocycles. The number of methoxy groups -OCH3 is 1. The first-order chi connectivity index (χ1) is 8.17. The van der Waals surface area contributed by atoms with E-state index in [-0.39, 0.29) is 23.8 Å². The number of hydrogen-bond donors (Lipinski definition) is 1. The van der Waals surface area contributed by atoms with E-state index in [1.54, 1.807) is 13.8 Å². The average molecular weight is 254 g/mol. The summed E-state index contributed by atoms with van der Waals surface area (Å²) in [4.78, 5) is 24.8. The average Bonchev–Trinajstić information content (AvgIpc) is 2.57. The van der Waals surface area contributed by atoms with Gasteiger partial charge in [0.2, 0.25) is 12.5 Å². The molecule has 0 unspecified atom stereocenters. The Kier molecular flexibility index (Phi) is 5.83. The van der Waals surface area contributed by atoms with Crippen LogP contribution >= 0.6 is 0 Å². The molecule has 1 aliphatic rings. The van der Waals surface area contributed by atoms with Crippen LogP contribution in [0.1, 0.15) is 34.1 Å². The highest BCUT2D eigenvalue weighted by molar-refractivity contribution is 5.83. The van der Waals surface area contributed by atoms with Gasteiger partial charge in [-0.15, -0.1) is 0 Å². The molecule has 0 aromatic heterocycles. The maximum Gasteiger partial charge on any atom is 0.318 e. The molecule has 0 aromatic carbocycles. The third kappa shape index (κ3) is 4.74. The smallest absolute Gasteiger partial charge is 0.318 e. The predicted molar refractivity (Wildman–Crippen MR) is 68.7 cm³/mol. The first-order valence-electron chi connectivity index (χ1n) is 5.87. The fraction of sp³-hybridized carbons (Fsp3) is 0.769. The van der Waals surface area contributed by atoms with Gasteiger partial charge in [0, 0.05) is 12.0 Å². The molecule has 0 atom stereocenters. The Morgan fingerprint density at radius 3 is 2.33 bits per heavy atom. The molecule has 1 rings (SSSR count). The van der Waals surface area contributed by atoms with Crippen LogP contribution in [0.5, 0.6) is 0 Å². The second-order valence-electron chi connectivity index (χ2n) is 5.58. The van der Waals surface area contributed by atoms with E-state index < -0.39 is 5.41 Å². The third-order valence-electron chi connectivity index (χ3n) is 2.86. The quantitative estimate of drug-likeness (QED) is 0.602. The van der Waals surface area contributed by atoms with Gasteiger partial charge in [-0.25, -0.2) is 6.57 Å². The van der Waals surface area contributed by atoms with E-state index in [0.717, 1.165) is 13.0 Å². The van der Waals surface area contributed by atoms with E-state index in [2.05, 4.69) is 14.9 Å². The Bertz CT molecular complexity index is 354. The largest absolute Gasteiger partial charge is 0.468 e. The molecule has 1 N–H and O–H groups in total. The van der Waals surface area contributed by atoms with Gasteiger partial charge in [0.05, 0.1) is 7.11 Å². The Balaban J connectivity index is 0.000000327. The molecule has 0 spiro atoms. The van der Waals surface area contributed by atoms with Crippen LogP contribution in [0.3, 0.4) is 0 Å². The highest BCUT2D eigenvalue weighted by Gasteiger charge is 2.32. The number of esters is 1. The van der Waals surface area contributed by atoms with Crippen molar-refractivity contribution >= 4 is 11.9 Å². The minimum Gasteiger partial charge on any atom is -0.468 e. The van der Waals surface area contributed by atoms with Crippen LogP contribution in [0.2, 0.25) is 0 Å². The van der Waals surface area contributed by atoms with Crippen molar-refractivity contribution in [2.24, 2.45) is 10.8 Å². The van der Waals surface area contributed by atoms with E-state index in [1.807, 2.05) is 13.8 Å². The normalized spacial score (nSPS) is 17.0. The van der Waals surface area contributed by atoms with Gasteiger partial charge in [-0.05, 0) is 20.3 Å². The van der Waals surface area contributed by atoms with Crippen molar-refractivity contribution in [2.75, 3.05) is 20.2 Å². The molecule has 0 bridgehead atoms. The molecule has 1 fully saturated rings. The zero-order valence-electron chi connectivity index (χ0n) is 11.8. The molecule has 0 aromatic rings. The molecule has 1 aliphatic heterocycles. The van der Waals surface area contributed by atoms with E-state index >= 15 is 0 Å². The predicted octanol–water partition coefficient (Wildman–Crippen LogP) is 1.64. The first-order valence-corrected chi connectivity index (χ1v) is 5.87. The van der Waals surface area contributed by atoms with Crippen LogP contribution in [0.15, 0.2) is 0 Å². The summed E-state index contributed by atoms with van der Waals surface area (Å²) in [5, 5.41) is 2.77. The minimum atomic E-state index is -0.656. The van der Waals surface area contributed by atoms with Gasteiger partial charge in [0.25, 0.3) is 0 Å². The Morgan fingerprint density at radius 1 is 1.56 bits per heavy atom. The van der Waals surface area contributed by atoms with E-state index in [9.17, 15) is 9.59 Å².